The second-order valence-corrected chi connectivity index (χ2v) is 5.86. The van der Waals surface area contributed by atoms with Crippen LogP contribution >= 0.6 is 0 Å². The molecule has 0 spiro atoms. The van der Waals surface area contributed by atoms with Gasteiger partial charge in [-0.2, -0.15) is 0 Å². The Morgan fingerprint density at radius 1 is 0.338 bits per heavy atom. The topological polar surface area (TPSA) is 26.3 Å². The Morgan fingerprint density at radius 2 is 0.563 bits per heavy atom. The van der Waals surface area contributed by atoms with Crippen molar-refractivity contribution in [3.63, 3.8) is 0 Å². The number of hydrogen-bond donors (Lipinski definition) is 0. The van der Waals surface area contributed by atoms with Crippen molar-refractivity contribution >= 4 is 5.78 Å². The van der Waals surface area contributed by atoms with E-state index in [1.807, 2.05) is 382 Å². The minimum Gasteiger partial charge on any atom is -0.489 e. The van der Waals surface area contributed by atoms with Crippen molar-refractivity contribution in [2.24, 2.45) is 0 Å². The van der Waals surface area contributed by atoms with Gasteiger partial charge in [0.25, 0.3) is 0 Å². The Labute approximate surface area is 469 Å². The van der Waals surface area contributed by atoms with Crippen LogP contribution in [0, 0.1) is 0 Å². The first-order chi connectivity index (χ1) is 35.2. The number of hydrogen-bond acceptors (Lipinski definition) is 2. The number of ketones is 1. The second kappa shape index (κ2) is 364. The van der Waals surface area contributed by atoms with Gasteiger partial charge in [0.2, 0.25) is 0 Å². The van der Waals surface area contributed by atoms with Gasteiger partial charge in [0.05, 0.1) is 0 Å². The van der Waals surface area contributed by atoms with E-state index in [0.717, 1.165) is 29.7 Å². The van der Waals surface area contributed by atoms with Crippen LogP contribution in [0.2, 0.25) is 0 Å². The summed E-state index contributed by atoms with van der Waals surface area (Å²) in [6.45, 7) is 103. The Morgan fingerprint density at radius 3 is 0.761 bits per heavy atom. The molecular weight excluding hydrogens is 861 g/mol. The minimum atomic E-state index is 0.169. The molecule has 2 nitrogen and oxygen atoms in total. The van der Waals surface area contributed by atoms with Gasteiger partial charge in [0.1, 0.15) is 12.4 Å². The van der Waals surface area contributed by atoms with Crippen molar-refractivity contribution in [1.82, 2.24) is 0 Å². The van der Waals surface area contributed by atoms with E-state index in [1.165, 1.54) is 5.56 Å². The average Bonchev–Trinajstić information content (AvgIpc) is 3.56. The molecule has 0 aromatic heterocycles. The first-order valence-electron chi connectivity index (χ1n) is 32.5. The summed E-state index contributed by atoms with van der Waals surface area (Å²) in [5, 5.41) is 0. The highest BCUT2D eigenvalue weighted by Crippen LogP contribution is 2.29. The number of carbonyl (C=O) groups excluding carboxylic acids is 1. The first-order valence-corrected chi connectivity index (χ1v) is 32.5. The summed E-state index contributed by atoms with van der Waals surface area (Å²) in [6, 6.07) is 16.1. The maximum Gasteiger partial charge on any atom is 0.162 e. The van der Waals surface area contributed by atoms with Crippen molar-refractivity contribution in [3.05, 3.63) is 65.2 Å². The van der Waals surface area contributed by atoms with Crippen LogP contribution in [0.15, 0.2) is 48.5 Å². The van der Waals surface area contributed by atoms with Gasteiger partial charge in [-0.1, -0.05) is 383 Å². The molecule has 0 heterocycles. The van der Waals surface area contributed by atoms with E-state index >= 15 is 0 Å². The van der Waals surface area contributed by atoms with Crippen molar-refractivity contribution in [2.45, 2.75) is 385 Å². The zero-order valence-corrected chi connectivity index (χ0v) is 62.3. The van der Waals surface area contributed by atoms with Gasteiger partial charge >= 0.3 is 0 Å². The molecule has 0 aliphatic rings. The molecule has 2 aromatic rings. The molecule has 2 rings (SSSR count). The zero-order valence-electron chi connectivity index (χ0n) is 62.3. The maximum absolute atomic E-state index is 12.1. The van der Waals surface area contributed by atoms with Crippen molar-refractivity contribution in [2.75, 3.05) is 0 Å². The monoisotopic (exact) mass is 1030 g/mol. The molecule has 0 atom stereocenters. The molecule has 0 radical (unpaired) electrons. The Kier molecular flexibility index (Phi) is 772. The van der Waals surface area contributed by atoms with E-state index in [1.54, 1.807) is 0 Å². The first kappa shape index (κ1) is 151. The highest BCUT2D eigenvalue weighted by atomic mass is 16.5. The van der Waals surface area contributed by atoms with Crippen LogP contribution in [0.25, 0.3) is 0 Å². The van der Waals surface area contributed by atoms with Gasteiger partial charge in [0, 0.05) is 12.0 Å². The van der Waals surface area contributed by atoms with Crippen molar-refractivity contribution in [3.8, 4) is 5.75 Å². The van der Waals surface area contributed by atoms with Crippen LogP contribution in [0.3, 0.4) is 0 Å². The fourth-order valence-electron chi connectivity index (χ4n) is 2.81. The molecule has 0 N–H and O–H groups in total. The normalized spacial score (nSPS) is 5.52. The summed E-state index contributed by atoms with van der Waals surface area (Å²) in [5.41, 5.74) is 3.10. The van der Waals surface area contributed by atoms with Gasteiger partial charge < -0.3 is 4.74 Å². The minimum absolute atomic E-state index is 0.169. The number of ether oxygens (including phenoxy) is 1. The Balaban J connectivity index is -0.0000000194. The number of Topliss-reactive ketones (excluding diaryl/α,β-unsaturated/α-hetero) is 1. The summed E-state index contributed by atoms with van der Waals surface area (Å²) in [6.07, 6.45) is 2.65. The van der Waals surface area contributed by atoms with E-state index in [4.69, 9.17) is 4.74 Å². The summed E-state index contributed by atoms with van der Waals surface area (Å²) in [7, 11) is 0. The molecule has 0 unspecified atom stereocenters. The third-order valence-corrected chi connectivity index (χ3v) is 4.28. The maximum atomic E-state index is 12.1. The van der Waals surface area contributed by atoms with Gasteiger partial charge in [-0.3, -0.25) is 4.79 Å². The van der Waals surface area contributed by atoms with Crippen LogP contribution in [-0.4, -0.2) is 5.78 Å². The molecule has 458 valence electrons. The molecule has 0 aliphatic carbocycles. The van der Waals surface area contributed by atoms with Crippen molar-refractivity contribution in [1.29, 1.82) is 0 Å². The van der Waals surface area contributed by atoms with E-state index in [-0.39, 0.29) is 5.78 Å². The Hall–Kier alpha value is -2.09. The van der Waals surface area contributed by atoms with E-state index in [0.29, 0.717) is 18.9 Å². The molecule has 2 heteroatoms. The molecular formula is C69H170O2. The lowest BCUT2D eigenvalue weighted by Crippen LogP contribution is -2.04. The lowest BCUT2D eigenvalue weighted by atomic mass is 9.91. The summed E-state index contributed by atoms with van der Waals surface area (Å²) in [4.78, 5) is 12.1. The Bertz CT molecular complexity index is 631. The van der Waals surface area contributed by atoms with E-state index in [2.05, 4.69) is 19.9 Å². The van der Waals surface area contributed by atoms with Gasteiger partial charge in [-0.05, 0) is 48.1 Å². The van der Waals surface area contributed by atoms with Crippen LogP contribution in [0.1, 0.15) is 400 Å². The predicted molar refractivity (Wildman–Crippen MR) is 368 cm³/mol. The van der Waals surface area contributed by atoms with Crippen molar-refractivity contribution < 1.29 is 9.53 Å². The largest absolute Gasteiger partial charge is 0.489 e. The number of carbonyl (C=O) groups is 1. The molecule has 2 aromatic carbocycles. The van der Waals surface area contributed by atoms with Gasteiger partial charge in [0.15, 0.2) is 5.78 Å². The lowest BCUT2D eigenvalue weighted by molar-refractivity contribution is 0.0987. The van der Waals surface area contributed by atoms with Crippen LogP contribution in [0.4, 0.5) is 0 Å². The van der Waals surface area contributed by atoms with E-state index in [9.17, 15) is 4.79 Å². The molecule has 0 amide bonds. The molecule has 0 aliphatic heterocycles. The summed E-state index contributed by atoms with van der Waals surface area (Å²) >= 11 is 0. The van der Waals surface area contributed by atoms with Crippen LogP contribution in [-0.2, 0) is 6.61 Å². The molecule has 71 heavy (non-hydrogen) atoms. The molecule has 0 saturated heterocycles. The van der Waals surface area contributed by atoms with Gasteiger partial charge in [-0.15, -0.1) is 0 Å². The lowest BCUT2D eigenvalue weighted by Gasteiger charge is -2.16. The summed E-state index contributed by atoms with van der Waals surface area (Å²) in [5.74, 6) is 1.43. The van der Waals surface area contributed by atoms with Gasteiger partial charge in [-0.25, -0.2) is 0 Å². The standard InChI is InChI=1S/C21H26O2.24C2H6/c1-4-17(5-2)18-12-19(21(22)6-3)14-20(13-18)23-15-16-10-8-7-9-11-16;24*1-2/h7-14,17H,4-6,15H2,1-3H3;24*1-2H3. The predicted octanol–water partition coefficient (Wildman–Crippen LogP) is 30.4. The van der Waals surface area contributed by atoms with E-state index < -0.39 is 0 Å². The smallest absolute Gasteiger partial charge is 0.162 e. The number of rotatable bonds is 8. The third kappa shape index (κ3) is 217. The zero-order chi connectivity index (χ0) is 64.7. The summed E-state index contributed by atoms with van der Waals surface area (Å²) < 4.78 is 5.95. The quantitative estimate of drug-likeness (QED) is 0.246. The fraction of sp³-hybridized carbons (Fsp3) is 0.812. The SMILES string of the molecule is CC.CC.CC.CC.CC.CC.CC.CC.CC.CC.CC.CC.CC.CC.CC.CC.CC.CC.CC.CC.CC.CC.CC.CC.CCC(=O)c1cc(OCc2ccccc2)cc(C(CC)CC)c1. The molecule has 0 bridgehead atoms. The number of benzene rings is 2. The highest BCUT2D eigenvalue weighted by molar-refractivity contribution is 5.96. The second-order valence-electron chi connectivity index (χ2n) is 5.86. The fourth-order valence-corrected chi connectivity index (χ4v) is 2.81. The van der Waals surface area contributed by atoms with Crippen LogP contribution in [0.5, 0.6) is 5.75 Å². The van der Waals surface area contributed by atoms with Crippen LogP contribution < -0.4 is 4.74 Å². The molecule has 0 saturated carbocycles. The molecule has 0 fully saturated rings. The highest BCUT2D eigenvalue weighted by Gasteiger charge is 2.13. The third-order valence-electron chi connectivity index (χ3n) is 4.28. The average molecular weight is 1030 g/mol.